The van der Waals surface area contributed by atoms with Gasteiger partial charge in [0.15, 0.2) is 0 Å². The van der Waals surface area contributed by atoms with E-state index >= 15 is 0 Å². The number of carbonyl (C=O) groups excluding carboxylic acids is 1. The van der Waals surface area contributed by atoms with Crippen molar-refractivity contribution in [2.75, 3.05) is 13.1 Å². The average Bonchev–Trinajstić information content (AvgIpc) is 2.60. The van der Waals surface area contributed by atoms with Crippen LogP contribution >= 0.6 is 23.2 Å². The monoisotopic (exact) mass is 363 g/mol. The van der Waals surface area contributed by atoms with Crippen LogP contribution < -0.4 is 10.2 Å². The van der Waals surface area contributed by atoms with Gasteiger partial charge in [-0.1, -0.05) is 47.5 Å². The van der Waals surface area contributed by atoms with E-state index in [9.17, 15) is 4.79 Å². The standard InChI is InChI=1S/C19H20Cl2N2O/c20-16-7-6-15(18(21)12-16)13-23-10-8-17(9-11-23)22-19(24)14-4-2-1-3-5-14/h1-7,12,17H,8-11,13H2,(H,22,24)/p+1. The van der Waals surface area contributed by atoms with E-state index in [0.29, 0.717) is 5.02 Å². The summed E-state index contributed by atoms with van der Waals surface area (Å²) >= 11 is 12.2. The van der Waals surface area contributed by atoms with Crippen LogP contribution in [0.5, 0.6) is 0 Å². The molecule has 24 heavy (non-hydrogen) atoms. The van der Waals surface area contributed by atoms with Gasteiger partial charge in [-0.25, -0.2) is 0 Å². The maximum Gasteiger partial charge on any atom is 0.251 e. The Morgan fingerprint density at radius 1 is 1.08 bits per heavy atom. The molecule has 1 saturated heterocycles. The van der Waals surface area contributed by atoms with Gasteiger partial charge >= 0.3 is 0 Å². The highest BCUT2D eigenvalue weighted by atomic mass is 35.5. The number of nitrogens with one attached hydrogen (secondary N) is 2. The van der Waals surface area contributed by atoms with Crippen molar-refractivity contribution in [3.8, 4) is 0 Å². The smallest absolute Gasteiger partial charge is 0.251 e. The number of hydrogen-bond acceptors (Lipinski definition) is 1. The van der Waals surface area contributed by atoms with Crippen molar-refractivity contribution in [3.63, 3.8) is 0 Å². The molecule has 0 spiro atoms. The van der Waals surface area contributed by atoms with Gasteiger partial charge in [0, 0.05) is 35.0 Å². The summed E-state index contributed by atoms with van der Waals surface area (Å²) in [7, 11) is 0. The SMILES string of the molecule is O=C(NC1CC[NH+](Cc2ccc(Cl)cc2Cl)CC1)c1ccccc1. The molecule has 0 aromatic heterocycles. The number of quaternary nitrogens is 1. The molecule has 0 bridgehead atoms. The summed E-state index contributed by atoms with van der Waals surface area (Å²) in [4.78, 5) is 13.7. The number of halogens is 2. The van der Waals surface area contributed by atoms with Crippen LogP contribution in [0.25, 0.3) is 0 Å². The van der Waals surface area contributed by atoms with Crippen molar-refractivity contribution in [1.82, 2.24) is 5.32 Å². The minimum absolute atomic E-state index is 0.0183. The van der Waals surface area contributed by atoms with E-state index < -0.39 is 0 Å². The zero-order valence-electron chi connectivity index (χ0n) is 13.4. The third kappa shape index (κ3) is 4.50. The lowest BCUT2D eigenvalue weighted by Gasteiger charge is -2.30. The summed E-state index contributed by atoms with van der Waals surface area (Å²) in [5.41, 5.74) is 1.85. The first-order valence-electron chi connectivity index (χ1n) is 8.25. The highest BCUT2D eigenvalue weighted by molar-refractivity contribution is 6.35. The van der Waals surface area contributed by atoms with Crippen molar-refractivity contribution < 1.29 is 9.69 Å². The summed E-state index contributed by atoms with van der Waals surface area (Å²) in [6, 6.07) is 15.3. The molecule has 1 aliphatic heterocycles. The van der Waals surface area contributed by atoms with E-state index in [0.717, 1.165) is 48.6 Å². The van der Waals surface area contributed by atoms with E-state index in [-0.39, 0.29) is 11.9 Å². The number of hydrogen-bond donors (Lipinski definition) is 2. The highest BCUT2D eigenvalue weighted by Gasteiger charge is 2.24. The Morgan fingerprint density at radius 2 is 1.79 bits per heavy atom. The first-order valence-corrected chi connectivity index (χ1v) is 9.01. The number of likely N-dealkylation sites (tertiary alicyclic amines) is 1. The number of rotatable bonds is 4. The lowest BCUT2D eigenvalue weighted by Crippen LogP contribution is -3.12. The lowest BCUT2D eigenvalue weighted by atomic mass is 10.0. The van der Waals surface area contributed by atoms with Crippen LogP contribution in [-0.4, -0.2) is 25.0 Å². The summed E-state index contributed by atoms with van der Waals surface area (Å²) in [5, 5.41) is 4.54. The summed E-state index contributed by atoms with van der Waals surface area (Å²) in [6.07, 6.45) is 1.97. The van der Waals surface area contributed by atoms with Crippen molar-refractivity contribution in [2.45, 2.75) is 25.4 Å². The topological polar surface area (TPSA) is 33.5 Å². The van der Waals surface area contributed by atoms with E-state index in [4.69, 9.17) is 23.2 Å². The predicted molar refractivity (Wildman–Crippen MR) is 97.8 cm³/mol. The minimum Gasteiger partial charge on any atom is -0.349 e. The second-order valence-electron chi connectivity index (χ2n) is 6.28. The average molecular weight is 364 g/mol. The largest absolute Gasteiger partial charge is 0.349 e. The Balaban J connectivity index is 1.50. The molecule has 0 atom stereocenters. The van der Waals surface area contributed by atoms with Gasteiger partial charge in [0.1, 0.15) is 6.54 Å². The fraction of sp³-hybridized carbons (Fsp3) is 0.316. The Kier molecular flexibility index (Phi) is 5.77. The lowest BCUT2D eigenvalue weighted by molar-refractivity contribution is -0.918. The molecule has 126 valence electrons. The molecule has 1 fully saturated rings. The van der Waals surface area contributed by atoms with Crippen LogP contribution in [0.1, 0.15) is 28.8 Å². The molecule has 0 aliphatic carbocycles. The third-order valence-electron chi connectivity index (χ3n) is 4.52. The second kappa shape index (κ2) is 8.02. The first kappa shape index (κ1) is 17.3. The molecule has 2 aromatic carbocycles. The molecule has 0 radical (unpaired) electrons. The Labute approximate surface area is 152 Å². The zero-order chi connectivity index (χ0) is 16.9. The molecule has 3 rings (SSSR count). The second-order valence-corrected chi connectivity index (χ2v) is 7.12. The normalized spacial score (nSPS) is 20.6. The fourth-order valence-electron chi connectivity index (χ4n) is 3.14. The molecule has 5 heteroatoms. The van der Waals surface area contributed by atoms with Crippen molar-refractivity contribution >= 4 is 29.1 Å². The number of amides is 1. The van der Waals surface area contributed by atoms with Crippen LogP contribution in [0.15, 0.2) is 48.5 Å². The van der Waals surface area contributed by atoms with Gasteiger partial charge in [0.05, 0.1) is 18.1 Å². The quantitative estimate of drug-likeness (QED) is 0.859. The Bertz CT molecular complexity index is 698. The third-order valence-corrected chi connectivity index (χ3v) is 5.11. The van der Waals surface area contributed by atoms with Gasteiger partial charge in [0.25, 0.3) is 5.91 Å². The minimum atomic E-state index is 0.0183. The maximum atomic E-state index is 12.2. The summed E-state index contributed by atoms with van der Waals surface area (Å²) in [6.45, 7) is 2.95. The van der Waals surface area contributed by atoms with E-state index in [1.54, 1.807) is 6.07 Å². The summed E-state index contributed by atoms with van der Waals surface area (Å²) in [5.74, 6) is 0.0183. The van der Waals surface area contributed by atoms with Gasteiger partial charge in [-0.05, 0) is 24.3 Å². The Hall–Kier alpha value is -1.55. The molecular formula is C19H21Cl2N2O+. The van der Waals surface area contributed by atoms with Gasteiger partial charge in [-0.3, -0.25) is 4.79 Å². The zero-order valence-corrected chi connectivity index (χ0v) is 14.9. The first-order chi connectivity index (χ1) is 11.6. The van der Waals surface area contributed by atoms with Gasteiger partial charge in [-0.15, -0.1) is 0 Å². The predicted octanol–water partition coefficient (Wildman–Crippen LogP) is 2.97. The van der Waals surface area contributed by atoms with Gasteiger partial charge in [-0.2, -0.15) is 0 Å². The molecule has 3 nitrogen and oxygen atoms in total. The molecule has 1 amide bonds. The van der Waals surface area contributed by atoms with Gasteiger partial charge < -0.3 is 10.2 Å². The molecular weight excluding hydrogens is 343 g/mol. The molecule has 2 N–H and O–H groups in total. The van der Waals surface area contributed by atoms with Gasteiger partial charge in [0.2, 0.25) is 0 Å². The van der Waals surface area contributed by atoms with Crippen LogP contribution in [0.4, 0.5) is 0 Å². The molecule has 2 aromatic rings. The summed E-state index contributed by atoms with van der Waals surface area (Å²) < 4.78 is 0. The van der Waals surface area contributed by atoms with E-state index in [1.165, 1.54) is 4.90 Å². The van der Waals surface area contributed by atoms with Crippen LogP contribution in [-0.2, 0) is 6.54 Å². The highest BCUT2D eigenvalue weighted by Crippen LogP contribution is 2.20. The van der Waals surface area contributed by atoms with E-state index in [2.05, 4.69) is 5.32 Å². The van der Waals surface area contributed by atoms with Crippen LogP contribution in [0.2, 0.25) is 10.0 Å². The van der Waals surface area contributed by atoms with Crippen LogP contribution in [0.3, 0.4) is 0 Å². The van der Waals surface area contributed by atoms with Crippen LogP contribution in [0, 0.1) is 0 Å². The fourth-order valence-corrected chi connectivity index (χ4v) is 3.62. The number of benzene rings is 2. The molecule has 0 saturated carbocycles. The number of carbonyl (C=O) groups is 1. The maximum absolute atomic E-state index is 12.2. The van der Waals surface area contributed by atoms with Crippen molar-refractivity contribution in [3.05, 3.63) is 69.7 Å². The number of piperidine rings is 1. The molecule has 1 aliphatic rings. The molecule has 0 unspecified atom stereocenters. The molecule has 1 heterocycles. The van der Waals surface area contributed by atoms with Crippen molar-refractivity contribution in [2.24, 2.45) is 0 Å². The Morgan fingerprint density at radius 3 is 2.46 bits per heavy atom. The van der Waals surface area contributed by atoms with E-state index in [1.807, 2.05) is 42.5 Å². The van der Waals surface area contributed by atoms with Crippen molar-refractivity contribution in [1.29, 1.82) is 0 Å².